The highest BCUT2D eigenvalue weighted by molar-refractivity contribution is 7.89. The van der Waals surface area contributed by atoms with Crippen molar-refractivity contribution < 1.29 is 22.6 Å². The van der Waals surface area contributed by atoms with Gasteiger partial charge in [0.2, 0.25) is 0 Å². The molecular formula is C16H16Cl2N2O5S. The summed E-state index contributed by atoms with van der Waals surface area (Å²) in [5.41, 5.74) is 0.487. The molecule has 0 saturated carbocycles. The second-order valence-corrected chi connectivity index (χ2v) is 7.33. The zero-order chi connectivity index (χ0) is 19.3. The lowest BCUT2D eigenvalue weighted by Crippen LogP contribution is -2.19. The highest BCUT2D eigenvalue weighted by atomic mass is 35.5. The monoisotopic (exact) mass is 418 g/mol. The maximum atomic E-state index is 12.5. The van der Waals surface area contributed by atoms with E-state index in [1.807, 2.05) is 0 Å². The summed E-state index contributed by atoms with van der Waals surface area (Å²) in [6, 6.07) is 7.48. The Hall–Kier alpha value is -2.16. The third-order valence-corrected chi connectivity index (χ3v) is 5.08. The second-order valence-electron chi connectivity index (χ2n) is 4.89. The van der Waals surface area contributed by atoms with Crippen LogP contribution in [0.1, 0.15) is 5.56 Å². The lowest BCUT2D eigenvalue weighted by atomic mass is 10.2. The molecule has 0 radical (unpaired) electrons. The quantitative estimate of drug-likeness (QED) is 0.550. The van der Waals surface area contributed by atoms with Crippen LogP contribution in [0.2, 0.25) is 10.0 Å². The summed E-state index contributed by atoms with van der Waals surface area (Å²) in [4.78, 5) is 2.00. The number of benzene rings is 2. The zero-order valence-corrected chi connectivity index (χ0v) is 16.4. The first-order chi connectivity index (χ1) is 12.3. The van der Waals surface area contributed by atoms with E-state index in [9.17, 15) is 8.42 Å². The lowest BCUT2D eigenvalue weighted by molar-refractivity contribution is 0.392. The third kappa shape index (κ3) is 4.51. The molecule has 2 rings (SSSR count). The predicted molar refractivity (Wildman–Crippen MR) is 100 cm³/mol. The van der Waals surface area contributed by atoms with Gasteiger partial charge in [0.25, 0.3) is 10.0 Å². The molecule has 0 aromatic heterocycles. The number of nitrogens with zero attached hydrogens (tertiary/aromatic N) is 1. The number of hydrogen-bond acceptors (Lipinski definition) is 6. The van der Waals surface area contributed by atoms with Crippen LogP contribution in [0.15, 0.2) is 40.3 Å². The lowest BCUT2D eigenvalue weighted by Gasteiger charge is -2.10. The van der Waals surface area contributed by atoms with Crippen LogP contribution in [0.4, 0.5) is 0 Å². The SMILES string of the molecule is COc1ccc(OC)c(S(=O)(=O)N/N=C/c2cc(Cl)c(OC)c(Cl)c2)c1. The Morgan fingerprint density at radius 3 is 2.19 bits per heavy atom. The molecular weight excluding hydrogens is 403 g/mol. The average molecular weight is 419 g/mol. The van der Waals surface area contributed by atoms with Crippen molar-refractivity contribution in [2.24, 2.45) is 5.10 Å². The fourth-order valence-corrected chi connectivity index (χ4v) is 3.70. The van der Waals surface area contributed by atoms with Crippen LogP contribution in [-0.4, -0.2) is 36.0 Å². The summed E-state index contributed by atoms with van der Waals surface area (Å²) in [7, 11) is 0.257. The van der Waals surface area contributed by atoms with Crippen molar-refractivity contribution in [2.45, 2.75) is 4.90 Å². The van der Waals surface area contributed by atoms with E-state index in [1.165, 1.54) is 51.8 Å². The first-order valence-electron chi connectivity index (χ1n) is 7.12. The van der Waals surface area contributed by atoms with E-state index in [4.69, 9.17) is 37.4 Å². The molecule has 0 bridgehead atoms. The zero-order valence-electron chi connectivity index (χ0n) is 14.1. The minimum Gasteiger partial charge on any atom is -0.497 e. The van der Waals surface area contributed by atoms with E-state index in [2.05, 4.69) is 9.93 Å². The Labute approximate surface area is 161 Å². The molecule has 0 amide bonds. The van der Waals surface area contributed by atoms with Gasteiger partial charge in [-0.2, -0.15) is 18.4 Å². The van der Waals surface area contributed by atoms with Crippen molar-refractivity contribution in [1.82, 2.24) is 4.83 Å². The minimum atomic E-state index is -3.98. The fourth-order valence-electron chi connectivity index (χ4n) is 2.06. The number of rotatable bonds is 7. The van der Waals surface area contributed by atoms with Crippen LogP contribution >= 0.6 is 23.2 Å². The van der Waals surface area contributed by atoms with Gasteiger partial charge >= 0.3 is 0 Å². The standard InChI is InChI=1S/C16H16Cl2N2O5S/c1-23-11-4-5-14(24-2)15(8-11)26(21,22)20-19-9-10-6-12(17)16(25-3)13(18)7-10/h4-9,20H,1-3H3/b19-9+. The largest absolute Gasteiger partial charge is 0.497 e. The van der Waals surface area contributed by atoms with E-state index in [0.29, 0.717) is 17.1 Å². The van der Waals surface area contributed by atoms with Crippen molar-refractivity contribution in [2.75, 3.05) is 21.3 Å². The maximum Gasteiger partial charge on any atom is 0.280 e. The Kier molecular flexibility index (Phi) is 6.57. The van der Waals surface area contributed by atoms with Crippen LogP contribution in [0.25, 0.3) is 0 Å². The second kappa shape index (κ2) is 8.48. The predicted octanol–water partition coefficient (Wildman–Crippen LogP) is 3.33. The van der Waals surface area contributed by atoms with Gasteiger partial charge in [-0.25, -0.2) is 0 Å². The van der Waals surface area contributed by atoms with Crippen LogP contribution in [0.5, 0.6) is 17.2 Å². The molecule has 1 N–H and O–H groups in total. The number of sulfonamides is 1. The Morgan fingerprint density at radius 2 is 1.65 bits per heavy atom. The molecule has 140 valence electrons. The van der Waals surface area contributed by atoms with E-state index >= 15 is 0 Å². The van der Waals surface area contributed by atoms with Crippen LogP contribution in [0.3, 0.4) is 0 Å². The Morgan fingerprint density at radius 1 is 1.00 bits per heavy atom. The molecule has 0 aliphatic carbocycles. The van der Waals surface area contributed by atoms with Gasteiger partial charge in [0, 0.05) is 6.07 Å². The number of ether oxygens (including phenoxy) is 3. The van der Waals surface area contributed by atoms with E-state index in [0.717, 1.165) is 0 Å². The first kappa shape index (κ1) is 20.2. The minimum absolute atomic E-state index is 0.109. The molecule has 0 atom stereocenters. The molecule has 0 aliphatic heterocycles. The molecule has 0 spiro atoms. The molecule has 0 unspecified atom stereocenters. The molecule has 0 fully saturated rings. The first-order valence-corrected chi connectivity index (χ1v) is 9.36. The van der Waals surface area contributed by atoms with Gasteiger partial charge in [-0.05, 0) is 29.8 Å². The van der Waals surface area contributed by atoms with Crippen LogP contribution < -0.4 is 19.0 Å². The number of halogens is 2. The summed E-state index contributed by atoms with van der Waals surface area (Å²) < 4.78 is 40.1. The highest BCUT2D eigenvalue weighted by Crippen LogP contribution is 2.33. The van der Waals surface area contributed by atoms with Crippen LogP contribution in [0, 0.1) is 0 Å². The normalized spacial score (nSPS) is 11.4. The Balaban J connectivity index is 2.27. The van der Waals surface area contributed by atoms with Crippen LogP contribution in [-0.2, 0) is 10.0 Å². The smallest absolute Gasteiger partial charge is 0.280 e. The van der Waals surface area contributed by atoms with E-state index in [-0.39, 0.29) is 20.7 Å². The summed E-state index contributed by atoms with van der Waals surface area (Å²) in [5, 5.41) is 4.29. The van der Waals surface area contributed by atoms with Gasteiger partial charge in [-0.3, -0.25) is 0 Å². The van der Waals surface area contributed by atoms with Crippen molar-refractivity contribution in [3.05, 3.63) is 45.9 Å². The number of hydrogen-bond donors (Lipinski definition) is 1. The van der Waals surface area contributed by atoms with Gasteiger partial charge in [0.1, 0.15) is 16.4 Å². The van der Waals surface area contributed by atoms with Gasteiger partial charge in [-0.1, -0.05) is 23.2 Å². The summed E-state index contributed by atoms with van der Waals surface area (Å²) in [6.45, 7) is 0. The van der Waals surface area contributed by atoms with E-state index < -0.39 is 10.0 Å². The highest BCUT2D eigenvalue weighted by Gasteiger charge is 2.20. The number of nitrogens with one attached hydrogen (secondary N) is 1. The van der Waals surface area contributed by atoms with E-state index in [1.54, 1.807) is 6.07 Å². The third-order valence-electron chi connectivity index (χ3n) is 3.27. The van der Waals surface area contributed by atoms with Gasteiger partial charge < -0.3 is 14.2 Å². The molecule has 2 aromatic carbocycles. The molecule has 26 heavy (non-hydrogen) atoms. The van der Waals surface area contributed by atoms with Gasteiger partial charge in [0.05, 0.1) is 37.6 Å². The maximum absolute atomic E-state index is 12.5. The molecule has 7 nitrogen and oxygen atoms in total. The summed E-state index contributed by atoms with van der Waals surface area (Å²) in [6.07, 6.45) is 1.27. The van der Waals surface area contributed by atoms with Gasteiger partial charge in [-0.15, -0.1) is 0 Å². The van der Waals surface area contributed by atoms with Crippen molar-refractivity contribution in [3.8, 4) is 17.2 Å². The van der Waals surface area contributed by atoms with Crippen molar-refractivity contribution in [3.63, 3.8) is 0 Å². The van der Waals surface area contributed by atoms with Gasteiger partial charge in [0.15, 0.2) is 5.75 Å². The molecule has 2 aromatic rings. The number of hydrazone groups is 1. The summed E-state index contributed by atoms with van der Waals surface area (Å²) in [5.74, 6) is 0.847. The Bertz CT molecular complexity index is 909. The topological polar surface area (TPSA) is 86.2 Å². The molecule has 0 heterocycles. The average Bonchev–Trinajstić information content (AvgIpc) is 2.60. The van der Waals surface area contributed by atoms with Crippen molar-refractivity contribution >= 4 is 39.4 Å². The summed E-state index contributed by atoms with van der Waals surface area (Å²) >= 11 is 12.1. The molecule has 0 saturated heterocycles. The molecule has 0 aliphatic rings. The van der Waals surface area contributed by atoms with Crippen molar-refractivity contribution in [1.29, 1.82) is 0 Å². The number of methoxy groups -OCH3 is 3. The fraction of sp³-hybridized carbons (Fsp3) is 0.188. The molecule has 10 heteroatoms.